The lowest BCUT2D eigenvalue weighted by molar-refractivity contribution is -0.147. The van der Waals surface area contributed by atoms with Gasteiger partial charge in [-0.15, -0.1) is 0 Å². The number of carbonyl (C=O) groups excluding carboxylic acids is 2. The quantitative estimate of drug-likeness (QED) is 0.478. The molecule has 0 radical (unpaired) electrons. The second-order valence-corrected chi connectivity index (χ2v) is 10.1. The summed E-state index contributed by atoms with van der Waals surface area (Å²) in [4.78, 5) is 37.8. The highest BCUT2D eigenvalue weighted by Crippen LogP contribution is 2.44. The summed E-state index contributed by atoms with van der Waals surface area (Å²) in [6, 6.07) is 15.3. The largest absolute Gasteiger partial charge is 0.480 e. The molecule has 1 atom stereocenters. The number of alkyl carbamates (subject to hydrolysis) is 1. The highest BCUT2D eigenvalue weighted by molar-refractivity contribution is 5.91. The number of aliphatic carboxylic acids is 1. The van der Waals surface area contributed by atoms with E-state index in [4.69, 9.17) is 4.74 Å². The van der Waals surface area contributed by atoms with Crippen LogP contribution in [0, 0.1) is 5.92 Å². The number of carboxylic acids is 1. The van der Waals surface area contributed by atoms with E-state index in [0.717, 1.165) is 35.1 Å². The Bertz CT molecular complexity index is 1040. The molecule has 4 rings (SSSR count). The molecule has 2 aromatic rings. The normalized spacial score (nSPS) is 16.9. The van der Waals surface area contributed by atoms with Crippen LogP contribution in [0.3, 0.4) is 0 Å². The first-order valence-corrected chi connectivity index (χ1v) is 12.5. The highest BCUT2D eigenvalue weighted by Gasteiger charge is 2.43. The molecular formula is C28H34N2O5. The van der Waals surface area contributed by atoms with Crippen LogP contribution in [0.5, 0.6) is 0 Å². The number of carbonyl (C=O) groups is 3. The van der Waals surface area contributed by atoms with Gasteiger partial charge >= 0.3 is 12.1 Å². The van der Waals surface area contributed by atoms with Gasteiger partial charge in [0.15, 0.2) is 0 Å². The van der Waals surface area contributed by atoms with Gasteiger partial charge < -0.3 is 20.5 Å². The van der Waals surface area contributed by atoms with Crippen molar-refractivity contribution in [3.63, 3.8) is 0 Å². The second-order valence-electron chi connectivity index (χ2n) is 10.1. The van der Waals surface area contributed by atoms with Gasteiger partial charge in [-0.1, -0.05) is 75.2 Å². The van der Waals surface area contributed by atoms with Crippen molar-refractivity contribution in [1.29, 1.82) is 0 Å². The number of ether oxygens (including phenoxy) is 1. The predicted molar refractivity (Wildman–Crippen MR) is 133 cm³/mol. The number of hydrogen-bond donors (Lipinski definition) is 3. The van der Waals surface area contributed by atoms with Gasteiger partial charge in [-0.25, -0.2) is 9.59 Å². The lowest BCUT2D eigenvalue weighted by atomic mass is 9.96. The van der Waals surface area contributed by atoms with E-state index in [0.29, 0.717) is 31.6 Å². The van der Waals surface area contributed by atoms with Crippen molar-refractivity contribution in [2.45, 2.75) is 69.9 Å². The van der Waals surface area contributed by atoms with Gasteiger partial charge in [-0.3, -0.25) is 4.79 Å². The SMILES string of the molecule is CC(C)CCC(NC(=O)OCC1c2ccccc2-c2ccccc21)C(=O)NC1(C(=O)O)CCCC1. The van der Waals surface area contributed by atoms with Gasteiger partial charge in [0.25, 0.3) is 0 Å². The lowest BCUT2D eigenvalue weighted by Gasteiger charge is -2.28. The topological polar surface area (TPSA) is 105 Å². The Kier molecular flexibility index (Phi) is 7.43. The van der Waals surface area contributed by atoms with Crippen molar-refractivity contribution in [2.75, 3.05) is 6.61 Å². The van der Waals surface area contributed by atoms with Crippen molar-refractivity contribution in [3.8, 4) is 11.1 Å². The van der Waals surface area contributed by atoms with Crippen LogP contribution >= 0.6 is 0 Å². The molecule has 0 heterocycles. The molecule has 0 bridgehead atoms. The van der Waals surface area contributed by atoms with E-state index in [-0.39, 0.29) is 12.5 Å². The van der Waals surface area contributed by atoms with Crippen molar-refractivity contribution in [1.82, 2.24) is 10.6 Å². The van der Waals surface area contributed by atoms with E-state index in [1.165, 1.54) is 0 Å². The average molecular weight is 479 g/mol. The predicted octanol–water partition coefficient (Wildman–Crippen LogP) is 4.84. The molecule has 1 saturated carbocycles. The third-order valence-electron chi connectivity index (χ3n) is 7.21. The van der Waals surface area contributed by atoms with E-state index in [1.807, 2.05) is 50.2 Å². The minimum atomic E-state index is -1.25. The maximum absolute atomic E-state index is 13.1. The number of hydrogen-bond acceptors (Lipinski definition) is 4. The van der Waals surface area contributed by atoms with E-state index in [2.05, 4.69) is 22.8 Å². The summed E-state index contributed by atoms with van der Waals surface area (Å²) in [5.41, 5.74) is 3.25. The smallest absolute Gasteiger partial charge is 0.407 e. The fourth-order valence-electron chi connectivity index (χ4n) is 5.24. The molecule has 0 saturated heterocycles. The minimum Gasteiger partial charge on any atom is -0.480 e. The molecule has 1 unspecified atom stereocenters. The maximum atomic E-state index is 13.1. The molecule has 0 aromatic heterocycles. The van der Waals surface area contributed by atoms with E-state index in [9.17, 15) is 19.5 Å². The number of rotatable bonds is 9. The average Bonchev–Trinajstić information content (AvgIpc) is 3.44. The van der Waals surface area contributed by atoms with Gasteiger partial charge in [-0.05, 0) is 53.9 Å². The Morgan fingerprint density at radius 1 is 0.971 bits per heavy atom. The molecule has 2 aliphatic carbocycles. The van der Waals surface area contributed by atoms with Crippen molar-refractivity contribution < 1.29 is 24.2 Å². The number of nitrogens with one attached hydrogen (secondary N) is 2. The summed E-state index contributed by atoms with van der Waals surface area (Å²) in [5, 5.41) is 15.2. The van der Waals surface area contributed by atoms with Crippen molar-refractivity contribution >= 4 is 18.0 Å². The zero-order valence-electron chi connectivity index (χ0n) is 20.4. The molecule has 186 valence electrons. The number of fused-ring (bicyclic) bond motifs is 3. The Morgan fingerprint density at radius 2 is 1.54 bits per heavy atom. The van der Waals surface area contributed by atoms with Crippen LogP contribution in [-0.4, -0.2) is 41.3 Å². The van der Waals surface area contributed by atoms with Crippen LogP contribution in [0.25, 0.3) is 11.1 Å². The van der Waals surface area contributed by atoms with Crippen LogP contribution in [0.1, 0.15) is 69.4 Å². The molecule has 7 nitrogen and oxygen atoms in total. The molecule has 0 spiro atoms. The zero-order valence-corrected chi connectivity index (χ0v) is 20.4. The molecule has 2 aliphatic rings. The molecule has 3 N–H and O–H groups in total. The number of amides is 2. The van der Waals surface area contributed by atoms with E-state index >= 15 is 0 Å². The second kappa shape index (κ2) is 10.5. The molecule has 1 fully saturated rings. The third kappa shape index (κ3) is 5.34. The minimum absolute atomic E-state index is 0.0788. The molecule has 7 heteroatoms. The molecule has 0 aliphatic heterocycles. The maximum Gasteiger partial charge on any atom is 0.407 e. The van der Waals surface area contributed by atoms with Crippen molar-refractivity contribution in [3.05, 3.63) is 59.7 Å². The fraction of sp³-hybridized carbons (Fsp3) is 0.464. The van der Waals surface area contributed by atoms with Gasteiger partial charge in [0.1, 0.15) is 18.2 Å². The standard InChI is InChI=1S/C28H34N2O5/c1-18(2)13-14-24(25(31)30-28(26(32)33)15-7-8-16-28)29-27(34)35-17-23-21-11-5-3-9-19(21)20-10-4-6-12-22(20)23/h3-6,9-12,18,23-24H,7-8,13-17H2,1-2H3,(H,29,34)(H,30,31)(H,32,33). The summed E-state index contributed by atoms with van der Waals surface area (Å²) in [5.74, 6) is -1.24. The number of benzene rings is 2. The first-order chi connectivity index (χ1) is 16.8. The third-order valence-corrected chi connectivity index (χ3v) is 7.21. The van der Waals surface area contributed by atoms with E-state index < -0.39 is 29.6 Å². The van der Waals surface area contributed by atoms with Crippen LogP contribution in [0.15, 0.2) is 48.5 Å². The van der Waals surface area contributed by atoms with Crippen LogP contribution < -0.4 is 10.6 Å². The summed E-state index contributed by atoms with van der Waals surface area (Å²) in [6.45, 7) is 4.23. The van der Waals surface area contributed by atoms with Crippen LogP contribution in [-0.2, 0) is 14.3 Å². The Labute approximate surface area is 206 Å². The highest BCUT2D eigenvalue weighted by atomic mass is 16.5. The molecular weight excluding hydrogens is 444 g/mol. The Balaban J connectivity index is 1.43. The summed E-state index contributed by atoms with van der Waals surface area (Å²) in [7, 11) is 0. The fourth-order valence-corrected chi connectivity index (χ4v) is 5.24. The summed E-state index contributed by atoms with van der Waals surface area (Å²) in [6.07, 6.45) is 2.75. The van der Waals surface area contributed by atoms with Gasteiger partial charge in [0, 0.05) is 5.92 Å². The summed E-state index contributed by atoms with van der Waals surface area (Å²) >= 11 is 0. The Hall–Kier alpha value is -3.35. The van der Waals surface area contributed by atoms with Gasteiger partial charge in [0.2, 0.25) is 5.91 Å². The lowest BCUT2D eigenvalue weighted by Crippen LogP contribution is -2.58. The molecule has 2 aromatic carbocycles. The molecule has 2 amide bonds. The zero-order chi connectivity index (χ0) is 25.0. The first-order valence-electron chi connectivity index (χ1n) is 12.5. The monoisotopic (exact) mass is 478 g/mol. The molecule has 35 heavy (non-hydrogen) atoms. The van der Waals surface area contributed by atoms with Crippen LogP contribution in [0.2, 0.25) is 0 Å². The van der Waals surface area contributed by atoms with E-state index in [1.54, 1.807) is 0 Å². The van der Waals surface area contributed by atoms with Gasteiger partial charge in [0.05, 0.1) is 0 Å². The Morgan fingerprint density at radius 3 is 2.09 bits per heavy atom. The van der Waals surface area contributed by atoms with Gasteiger partial charge in [-0.2, -0.15) is 0 Å². The van der Waals surface area contributed by atoms with Crippen LogP contribution in [0.4, 0.5) is 4.79 Å². The first kappa shape index (κ1) is 24.8. The van der Waals surface area contributed by atoms with Crippen molar-refractivity contribution in [2.24, 2.45) is 5.92 Å². The number of carboxylic acid groups (broad SMARTS) is 1. The summed E-state index contributed by atoms with van der Waals surface area (Å²) < 4.78 is 5.62.